The van der Waals surface area contributed by atoms with E-state index in [-0.39, 0.29) is 22.6 Å². The normalized spacial score (nSPS) is 15.4. The molecular formula is C25H21BrClNO3S. The Morgan fingerprint density at radius 1 is 1.16 bits per heavy atom. The third-order valence-corrected chi connectivity index (χ3v) is 7.73. The molecule has 0 radical (unpaired) electrons. The lowest BCUT2D eigenvalue weighted by molar-refractivity contribution is 0.101. The first-order valence-corrected chi connectivity index (χ1v) is 12.5. The Morgan fingerprint density at radius 2 is 1.91 bits per heavy atom. The number of ketones is 2. The Bertz CT molecular complexity index is 1350. The van der Waals surface area contributed by atoms with Crippen molar-refractivity contribution in [2.75, 3.05) is 0 Å². The molecule has 0 fully saturated rings. The first-order chi connectivity index (χ1) is 15.4. The summed E-state index contributed by atoms with van der Waals surface area (Å²) in [5.74, 6) is 0.269. The lowest BCUT2D eigenvalue weighted by Gasteiger charge is -2.13. The summed E-state index contributed by atoms with van der Waals surface area (Å²) < 4.78 is 0.875. The SMILES string of the molecule is CC(=O)c1c(SCc2ccc(C(=O)C3=CCCC=C3)cc2)[nH]c2c(c1=O)=C(Cl)CCC=2Br. The van der Waals surface area contributed by atoms with Crippen LogP contribution in [-0.4, -0.2) is 16.6 Å². The average molecular weight is 531 g/mol. The van der Waals surface area contributed by atoms with Gasteiger partial charge in [-0.3, -0.25) is 14.4 Å². The van der Waals surface area contributed by atoms with Gasteiger partial charge < -0.3 is 4.98 Å². The van der Waals surface area contributed by atoms with Gasteiger partial charge in [0.2, 0.25) is 5.43 Å². The third kappa shape index (κ3) is 4.63. The number of allylic oxidation sites excluding steroid dienone is 4. The fourth-order valence-corrected chi connectivity index (χ4v) is 5.63. The Kier molecular flexibility index (Phi) is 7.03. The summed E-state index contributed by atoms with van der Waals surface area (Å²) >= 11 is 11.2. The van der Waals surface area contributed by atoms with E-state index in [9.17, 15) is 14.4 Å². The highest BCUT2D eigenvalue weighted by Crippen LogP contribution is 2.25. The molecule has 1 N–H and O–H groups in total. The lowest BCUT2D eigenvalue weighted by atomic mass is 9.98. The van der Waals surface area contributed by atoms with Crippen molar-refractivity contribution in [3.05, 3.63) is 85.5 Å². The zero-order chi connectivity index (χ0) is 22.8. The van der Waals surface area contributed by atoms with E-state index in [1.165, 1.54) is 18.7 Å². The van der Waals surface area contributed by atoms with Gasteiger partial charge >= 0.3 is 0 Å². The molecule has 2 aliphatic carbocycles. The molecule has 0 unspecified atom stereocenters. The van der Waals surface area contributed by atoms with Crippen molar-refractivity contribution in [1.29, 1.82) is 0 Å². The van der Waals surface area contributed by atoms with Gasteiger partial charge in [-0.2, -0.15) is 0 Å². The molecule has 0 spiro atoms. The lowest BCUT2D eigenvalue weighted by Crippen LogP contribution is -2.47. The monoisotopic (exact) mass is 529 g/mol. The number of hydrogen-bond acceptors (Lipinski definition) is 4. The third-order valence-electron chi connectivity index (χ3n) is 5.48. The maximum Gasteiger partial charge on any atom is 0.202 e. The highest BCUT2D eigenvalue weighted by atomic mass is 79.9. The van der Waals surface area contributed by atoms with Gasteiger partial charge in [0.25, 0.3) is 0 Å². The van der Waals surface area contributed by atoms with Crippen molar-refractivity contribution in [2.24, 2.45) is 0 Å². The van der Waals surface area contributed by atoms with E-state index in [2.05, 4.69) is 20.9 Å². The number of hydrogen-bond donors (Lipinski definition) is 1. The van der Waals surface area contributed by atoms with E-state index in [1.807, 2.05) is 42.5 Å². The number of benzene rings is 1. The smallest absolute Gasteiger partial charge is 0.202 e. The summed E-state index contributed by atoms with van der Waals surface area (Å²) in [6, 6.07) is 7.46. The van der Waals surface area contributed by atoms with E-state index in [0.717, 1.165) is 28.5 Å². The summed E-state index contributed by atoms with van der Waals surface area (Å²) in [4.78, 5) is 41.2. The number of aromatic amines is 1. The van der Waals surface area contributed by atoms with Crippen molar-refractivity contribution in [3.63, 3.8) is 0 Å². The van der Waals surface area contributed by atoms with Crippen LogP contribution in [0.2, 0.25) is 0 Å². The van der Waals surface area contributed by atoms with E-state index in [1.54, 1.807) is 0 Å². The van der Waals surface area contributed by atoms with Crippen LogP contribution in [0.5, 0.6) is 0 Å². The zero-order valence-electron chi connectivity index (χ0n) is 17.5. The van der Waals surface area contributed by atoms with Gasteiger partial charge in [-0.25, -0.2) is 0 Å². The van der Waals surface area contributed by atoms with Gasteiger partial charge in [0, 0.05) is 26.4 Å². The molecule has 1 aromatic heterocycles. The molecule has 0 saturated heterocycles. The molecule has 0 aliphatic heterocycles. The number of nitrogens with one attached hydrogen (secondary N) is 1. The maximum absolute atomic E-state index is 13.1. The number of Topliss-reactive ketones (excluding diaryl/α,β-unsaturated/α-hetero) is 2. The van der Waals surface area contributed by atoms with E-state index >= 15 is 0 Å². The van der Waals surface area contributed by atoms with Gasteiger partial charge in [-0.05, 0) is 38.2 Å². The van der Waals surface area contributed by atoms with E-state index in [0.29, 0.717) is 44.8 Å². The number of thioether (sulfide) groups is 1. The number of carbonyl (C=O) groups is 2. The minimum atomic E-state index is -0.329. The van der Waals surface area contributed by atoms with Crippen LogP contribution < -0.4 is 16.0 Å². The fraction of sp³-hybridized carbons (Fsp3) is 0.240. The minimum Gasteiger partial charge on any atom is -0.348 e. The minimum absolute atomic E-state index is 0.0200. The van der Waals surface area contributed by atoms with Gasteiger partial charge in [0.15, 0.2) is 11.6 Å². The molecule has 0 bridgehead atoms. The van der Waals surface area contributed by atoms with Crippen molar-refractivity contribution in [1.82, 2.24) is 4.98 Å². The number of carbonyl (C=O) groups excluding carboxylic acids is 2. The summed E-state index contributed by atoms with van der Waals surface area (Å²) in [6.07, 6.45) is 9.00. The molecule has 2 aliphatic rings. The second kappa shape index (κ2) is 9.77. The maximum atomic E-state index is 13.1. The largest absolute Gasteiger partial charge is 0.348 e. The van der Waals surface area contributed by atoms with Gasteiger partial charge in [-0.15, -0.1) is 11.8 Å². The van der Waals surface area contributed by atoms with Crippen LogP contribution in [0.1, 0.15) is 58.9 Å². The Labute approximate surface area is 203 Å². The van der Waals surface area contributed by atoms with Crippen molar-refractivity contribution >= 4 is 60.4 Å². The van der Waals surface area contributed by atoms with Crippen LogP contribution in [0.25, 0.3) is 9.51 Å². The number of rotatable bonds is 6. The number of halogens is 2. The first kappa shape index (κ1) is 23.0. The summed E-state index contributed by atoms with van der Waals surface area (Å²) in [6.45, 7) is 1.39. The second-order valence-corrected chi connectivity index (χ2v) is 10.1. The van der Waals surface area contributed by atoms with Crippen LogP contribution in [0, 0.1) is 0 Å². The topological polar surface area (TPSA) is 67.0 Å². The van der Waals surface area contributed by atoms with Gasteiger partial charge in [0.05, 0.1) is 21.2 Å². The van der Waals surface area contributed by atoms with Crippen LogP contribution in [0.3, 0.4) is 0 Å². The molecule has 0 atom stereocenters. The molecular weight excluding hydrogens is 510 g/mol. The molecule has 2 aromatic rings. The van der Waals surface area contributed by atoms with E-state index < -0.39 is 0 Å². The predicted molar refractivity (Wildman–Crippen MR) is 134 cm³/mol. The predicted octanol–water partition coefficient (Wildman–Crippen LogP) is 4.97. The molecule has 4 rings (SSSR count). The second-order valence-electron chi connectivity index (χ2n) is 7.73. The Balaban J connectivity index is 1.61. The van der Waals surface area contributed by atoms with Crippen molar-refractivity contribution < 1.29 is 9.59 Å². The summed E-state index contributed by atoms with van der Waals surface area (Å²) in [7, 11) is 0. The average Bonchev–Trinajstić information content (AvgIpc) is 2.80. The van der Waals surface area contributed by atoms with Crippen LogP contribution in [0.15, 0.2) is 57.9 Å². The molecule has 4 nitrogen and oxygen atoms in total. The summed E-state index contributed by atoms with van der Waals surface area (Å²) in [5.41, 5.74) is 2.17. The van der Waals surface area contributed by atoms with Crippen LogP contribution in [-0.2, 0) is 5.75 Å². The molecule has 1 aromatic carbocycles. The highest BCUT2D eigenvalue weighted by molar-refractivity contribution is 9.14. The Hall–Kier alpha value is -2.15. The molecule has 7 heteroatoms. The number of pyridine rings is 1. The molecule has 164 valence electrons. The standard InChI is InChI=1S/C25H21BrClNO3S/c1-14(29)20-24(31)21-19(27)12-11-18(26)22(21)28-25(20)32-13-15-7-9-17(10-8-15)23(30)16-5-3-2-4-6-16/h3,5-10,28H,2,4,11-13H2,1H3. The first-order valence-electron chi connectivity index (χ1n) is 10.3. The highest BCUT2D eigenvalue weighted by Gasteiger charge is 2.20. The van der Waals surface area contributed by atoms with Crippen LogP contribution in [0.4, 0.5) is 0 Å². The Morgan fingerprint density at radius 3 is 2.56 bits per heavy atom. The van der Waals surface area contributed by atoms with Crippen molar-refractivity contribution in [2.45, 2.75) is 43.4 Å². The quantitative estimate of drug-likeness (QED) is 0.423. The van der Waals surface area contributed by atoms with Gasteiger partial charge in [0.1, 0.15) is 0 Å². The fourth-order valence-electron chi connectivity index (χ4n) is 3.80. The zero-order valence-corrected chi connectivity index (χ0v) is 20.6. The molecule has 0 amide bonds. The molecule has 32 heavy (non-hydrogen) atoms. The van der Waals surface area contributed by atoms with E-state index in [4.69, 9.17) is 11.6 Å². The number of H-pyrrole nitrogens is 1. The van der Waals surface area contributed by atoms with Crippen molar-refractivity contribution in [3.8, 4) is 0 Å². The number of aromatic nitrogens is 1. The van der Waals surface area contributed by atoms with Crippen LogP contribution >= 0.6 is 39.3 Å². The number of fused-ring (bicyclic) bond motifs is 1. The van der Waals surface area contributed by atoms with Gasteiger partial charge in [-0.1, -0.05) is 70.0 Å². The molecule has 0 saturated carbocycles. The summed E-state index contributed by atoms with van der Waals surface area (Å²) in [5, 5.41) is 2.04. The molecule has 1 heterocycles.